The molecule has 0 aliphatic rings. The summed E-state index contributed by atoms with van der Waals surface area (Å²) in [5.74, 6) is -0.999. The molecule has 0 fully saturated rings. The minimum Gasteiger partial charge on any atom is -0.477 e. The number of aromatic carboxylic acids is 1. The van der Waals surface area contributed by atoms with Crippen molar-refractivity contribution >= 4 is 34.6 Å². The Kier molecular flexibility index (Phi) is 3.00. The van der Waals surface area contributed by atoms with Gasteiger partial charge in [-0.3, -0.25) is 4.40 Å². The lowest BCUT2D eigenvalue weighted by atomic mass is 10.2. The first-order chi connectivity index (χ1) is 9.16. The Hall–Kier alpha value is -1.85. The second-order valence-electron chi connectivity index (χ2n) is 4.02. The van der Waals surface area contributed by atoms with Crippen LogP contribution in [0, 0.1) is 0 Å². The van der Waals surface area contributed by atoms with Crippen LogP contribution < -0.4 is 0 Å². The molecule has 0 spiro atoms. The number of rotatable bonds is 3. The summed E-state index contributed by atoms with van der Waals surface area (Å²) in [6, 6.07) is 7.30. The number of pyridine rings is 1. The van der Waals surface area contributed by atoms with E-state index in [-0.39, 0.29) is 5.69 Å². The molecule has 0 atom stereocenters. The largest absolute Gasteiger partial charge is 0.477 e. The van der Waals surface area contributed by atoms with Crippen LogP contribution in [0.1, 0.15) is 21.1 Å². The molecule has 3 rings (SSSR count). The van der Waals surface area contributed by atoms with Gasteiger partial charge in [-0.2, -0.15) is 0 Å². The van der Waals surface area contributed by atoms with Gasteiger partial charge in [0.05, 0.1) is 10.7 Å². The molecule has 1 N–H and O–H groups in total. The van der Waals surface area contributed by atoms with Gasteiger partial charge >= 0.3 is 5.97 Å². The quantitative estimate of drug-likeness (QED) is 0.805. The van der Waals surface area contributed by atoms with E-state index in [2.05, 4.69) is 4.98 Å². The van der Waals surface area contributed by atoms with Crippen LogP contribution in [0.2, 0.25) is 5.02 Å². The van der Waals surface area contributed by atoms with Crippen LogP contribution in [-0.4, -0.2) is 20.5 Å². The lowest BCUT2D eigenvalue weighted by molar-refractivity contribution is 0.0688. The Balaban J connectivity index is 2.20. The maximum atomic E-state index is 11.4. The third-order valence-corrected chi connectivity index (χ3v) is 3.97. The van der Waals surface area contributed by atoms with Crippen molar-refractivity contribution in [3.05, 3.63) is 57.1 Å². The number of aromatic nitrogens is 2. The fraction of sp³-hybridized carbons (Fsp3) is 0.0769. The highest BCUT2D eigenvalue weighted by atomic mass is 35.5. The van der Waals surface area contributed by atoms with Crippen LogP contribution >= 0.6 is 22.9 Å². The number of halogens is 1. The molecule has 0 aromatic carbocycles. The average Bonchev–Trinajstić information content (AvgIpc) is 2.97. The van der Waals surface area contributed by atoms with E-state index in [4.69, 9.17) is 11.6 Å². The number of fused-ring (bicyclic) bond motifs is 1. The number of nitrogens with zero attached hydrogens (tertiary/aromatic N) is 2. The zero-order valence-corrected chi connectivity index (χ0v) is 11.3. The van der Waals surface area contributed by atoms with Crippen molar-refractivity contribution < 1.29 is 9.90 Å². The van der Waals surface area contributed by atoms with Gasteiger partial charge in [0.1, 0.15) is 0 Å². The van der Waals surface area contributed by atoms with Crippen LogP contribution in [0.15, 0.2) is 35.8 Å². The third kappa shape index (κ3) is 2.11. The van der Waals surface area contributed by atoms with Gasteiger partial charge in [0.25, 0.3) is 0 Å². The first-order valence-electron chi connectivity index (χ1n) is 5.58. The van der Waals surface area contributed by atoms with Gasteiger partial charge in [-0.25, -0.2) is 9.78 Å². The maximum absolute atomic E-state index is 11.4. The molecule has 0 aliphatic heterocycles. The monoisotopic (exact) mass is 292 g/mol. The summed E-state index contributed by atoms with van der Waals surface area (Å²) in [7, 11) is 0. The molecule has 3 heterocycles. The predicted molar refractivity (Wildman–Crippen MR) is 74.3 cm³/mol. The van der Waals surface area contributed by atoms with Gasteiger partial charge in [0, 0.05) is 17.5 Å². The van der Waals surface area contributed by atoms with Gasteiger partial charge in [-0.05, 0) is 23.6 Å². The second kappa shape index (κ2) is 4.68. The van der Waals surface area contributed by atoms with Crippen LogP contribution in [0.3, 0.4) is 0 Å². The fourth-order valence-electron chi connectivity index (χ4n) is 2.01. The molecule has 19 heavy (non-hydrogen) atoms. The van der Waals surface area contributed by atoms with E-state index in [0.717, 1.165) is 4.88 Å². The molecule has 3 aromatic heterocycles. The van der Waals surface area contributed by atoms with Crippen molar-refractivity contribution in [1.82, 2.24) is 9.38 Å². The minimum absolute atomic E-state index is 0.172. The molecule has 6 heteroatoms. The molecular formula is C13H9ClN2O2S. The normalized spacial score (nSPS) is 11.0. The number of thiophene rings is 1. The highest BCUT2D eigenvalue weighted by molar-refractivity contribution is 7.09. The summed E-state index contributed by atoms with van der Waals surface area (Å²) >= 11 is 7.63. The smallest absolute Gasteiger partial charge is 0.354 e. The maximum Gasteiger partial charge on any atom is 0.354 e. The molecule has 96 valence electrons. The average molecular weight is 293 g/mol. The summed E-state index contributed by atoms with van der Waals surface area (Å²) < 4.78 is 1.52. The molecular weight excluding hydrogens is 284 g/mol. The molecule has 4 nitrogen and oxygen atoms in total. The van der Waals surface area contributed by atoms with Crippen molar-refractivity contribution in [2.75, 3.05) is 0 Å². The molecule has 0 saturated carbocycles. The van der Waals surface area contributed by atoms with Crippen LogP contribution in [0.25, 0.3) is 5.65 Å². The van der Waals surface area contributed by atoms with Gasteiger partial charge in [-0.1, -0.05) is 17.7 Å². The van der Waals surface area contributed by atoms with Crippen molar-refractivity contribution in [2.24, 2.45) is 0 Å². The minimum atomic E-state index is -0.999. The fourth-order valence-corrected chi connectivity index (χ4v) is 2.92. The van der Waals surface area contributed by atoms with Crippen LogP contribution in [0.4, 0.5) is 0 Å². The first-order valence-corrected chi connectivity index (χ1v) is 6.83. The van der Waals surface area contributed by atoms with E-state index in [0.29, 0.717) is 22.8 Å². The Morgan fingerprint density at radius 3 is 2.95 bits per heavy atom. The van der Waals surface area contributed by atoms with Gasteiger partial charge in [-0.15, -0.1) is 11.3 Å². The van der Waals surface area contributed by atoms with Crippen LogP contribution in [0.5, 0.6) is 0 Å². The van der Waals surface area contributed by atoms with E-state index >= 15 is 0 Å². The highest BCUT2D eigenvalue weighted by Crippen LogP contribution is 2.23. The number of carboxylic acids is 1. The Morgan fingerprint density at radius 1 is 1.42 bits per heavy atom. The molecule has 0 amide bonds. The molecule has 0 unspecified atom stereocenters. The summed E-state index contributed by atoms with van der Waals surface area (Å²) in [6.07, 6.45) is 2.16. The third-order valence-electron chi connectivity index (χ3n) is 2.80. The topological polar surface area (TPSA) is 54.6 Å². The summed E-state index contributed by atoms with van der Waals surface area (Å²) in [5.41, 5.74) is 1.18. The molecule has 0 aliphatic carbocycles. The summed E-state index contributed by atoms with van der Waals surface area (Å²) in [4.78, 5) is 16.9. The van der Waals surface area contributed by atoms with E-state index < -0.39 is 5.97 Å². The van der Waals surface area contributed by atoms with E-state index in [1.165, 1.54) is 4.40 Å². The molecule has 0 bridgehead atoms. The zero-order chi connectivity index (χ0) is 13.4. The molecule has 0 radical (unpaired) electrons. The van der Waals surface area contributed by atoms with Gasteiger partial charge < -0.3 is 5.11 Å². The lowest BCUT2D eigenvalue weighted by Crippen LogP contribution is -2.05. The first kappa shape index (κ1) is 12.2. The van der Waals surface area contributed by atoms with E-state index in [1.807, 2.05) is 17.5 Å². The van der Waals surface area contributed by atoms with Gasteiger partial charge in [0.15, 0.2) is 11.3 Å². The Morgan fingerprint density at radius 2 is 2.26 bits per heavy atom. The standard InChI is InChI=1S/C13H9ClN2O2S/c14-9-4-1-5-16-11(13(17)18)10(15-12(9)16)7-8-3-2-6-19-8/h1-6H,7H2,(H,17,18). The van der Waals surface area contributed by atoms with Crippen molar-refractivity contribution in [1.29, 1.82) is 0 Å². The molecule has 0 saturated heterocycles. The second-order valence-corrected chi connectivity index (χ2v) is 5.46. The number of carbonyl (C=O) groups is 1. The summed E-state index contributed by atoms with van der Waals surface area (Å²) in [5, 5.41) is 11.8. The number of imidazole rings is 1. The van der Waals surface area contributed by atoms with E-state index in [1.54, 1.807) is 29.7 Å². The molecule has 3 aromatic rings. The predicted octanol–water partition coefficient (Wildman–Crippen LogP) is 3.34. The van der Waals surface area contributed by atoms with Crippen molar-refractivity contribution in [3.8, 4) is 0 Å². The Labute approximate surface area is 117 Å². The van der Waals surface area contributed by atoms with Crippen LogP contribution in [-0.2, 0) is 6.42 Å². The highest BCUT2D eigenvalue weighted by Gasteiger charge is 2.20. The number of hydrogen-bond acceptors (Lipinski definition) is 3. The Bertz CT molecular complexity index is 749. The van der Waals surface area contributed by atoms with E-state index in [9.17, 15) is 9.90 Å². The van der Waals surface area contributed by atoms with Crippen molar-refractivity contribution in [2.45, 2.75) is 6.42 Å². The SMILES string of the molecule is O=C(O)c1c(Cc2cccs2)nc2c(Cl)cccn12. The van der Waals surface area contributed by atoms with Crippen molar-refractivity contribution in [3.63, 3.8) is 0 Å². The number of hydrogen-bond donors (Lipinski definition) is 1. The number of carboxylic acid groups (broad SMARTS) is 1. The lowest BCUT2D eigenvalue weighted by Gasteiger charge is -1.99. The summed E-state index contributed by atoms with van der Waals surface area (Å²) in [6.45, 7) is 0. The zero-order valence-electron chi connectivity index (χ0n) is 9.71. The van der Waals surface area contributed by atoms with Gasteiger partial charge in [0.2, 0.25) is 0 Å².